The van der Waals surface area contributed by atoms with Crippen molar-refractivity contribution in [3.8, 4) is 17.6 Å². The highest BCUT2D eigenvalue weighted by Crippen LogP contribution is 2.21. The van der Waals surface area contributed by atoms with Gasteiger partial charge in [-0.25, -0.2) is 4.39 Å². The van der Waals surface area contributed by atoms with Gasteiger partial charge in [-0.3, -0.25) is 0 Å². The van der Waals surface area contributed by atoms with Gasteiger partial charge >= 0.3 is 0 Å². The largest absolute Gasteiger partial charge is 0.490 e. The lowest BCUT2D eigenvalue weighted by molar-refractivity contribution is 0.0678. The fourth-order valence-corrected chi connectivity index (χ4v) is 1.88. The highest BCUT2D eigenvalue weighted by Gasteiger charge is 2.16. The number of benzene rings is 1. The molecule has 0 aliphatic carbocycles. The maximum Gasteiger partial charge on any atom is 0.135 e. The average molecular weight is 269 g/mol. The van der Waals surface area contributed by atoms with E-state index in [0.29, 0.717) is 17.9 Å². The molecule has 96 valence electrons. The summed E-state index contributed by atoms with van der Waals surface area (Å²) in [5, 5.41) is 0. The van der Waals surface area contributed by atoms with Gasteiger partial charge in [-0.1, -0.05) is 11.8 Å². The van der Waals surface area contributed by atoms with Crippen molar-refractivity contribution in [2.24, 2.45) is 0 Å². The summed E-state index contributed by atoms with van der Waals surface area (Å²) in [6, 6.07) is 4.30. The lowest BCUT2D eigenvalue weighted by Crippen LogP contribution is -2.16. The molecule has 0 N–H and O–H groups in total. The minimum Gasteiger partial charge on any atom is -0.490 e. The molecule has 0 bridgehead atoms. The number of hydrogen-bond donors (Lipinski definition) is 0. The van der Waals surface area contributed by atoms with E-state index >= 15 is 0 Å². The first-order valence-corrected chi connectivity index (χ1v) is 6.42. The maximum atomic E-state index is 13.1. The summed E-state index contributed by atoms with van der Waals surface area (Å²) in [4.78, 5) is 0. The quantitative estimate of drug-likeness (QED) is 0.620. The smallest absolute Gasteiger partial charge is 0.135 e. The number of alkyl halides is 1. The predicted molar refractivity (Wildman–Crippen MR) is 68.5 cm³/mol. The van der Waals surface area contributed by atoms with Crippen molar-refractivity contribution < 1.29 is 13.9 Å². The Balaban J connectivity index is 2.05. The highest BCUT2D eigenvalue weighted by atomic mass is 35.5. The van der Waals surface area contributed by atoms with Crippen molar-refractivity contribution in [1.29, 1.82) is 0 Å². The molecule has 0 radical (unpaired) electrons. The third-order valence-corrected chi connectivity index (χ3v) is 2.81. The molecule has 1 saturated heterocycles. The first-order chi connectivity index (χ1) is 8.79. The number of rotatable bonds is 3. The third-order valence-electron chi connectivity index (χ3n) is 2.68. The van der Waals surface area contributed by atoms with Crippen LogP contribution in [-0.4, -0.2) is 25.2 Å². The number of halogens is 2. The summed E-state index contributed by atoms with van der Waals surface area (Å²) in [5.74, 6) is 5.94. The SMILES string of the molecule is Fc1ccc(OCC2CCCO2)c(C#CCCl)c1. The second-order valence-corrected chi connectivity index (χ2v) is 4.29. The molecule has 2 nitrogen and oxygen atoms in total. The van der Waals surface area contributed by atoms with Crippen molar-refractivity contribution in [2.45, 2.75) is 18.9 Å². The van der Waals surface area contributed by atoms with E-state index < -0.39 is 0 Å². The molecule has 1 heterocycles. The Morgan fingerprint density at radius 3 is 3.11 bits per heavy atom. The molecule has 2 rings (SSSR count). The summed E-state index contributed by atoms with van der Waals surface area (Å²) >= 11 is 5.50. The lowest BCUT2D eigenvalue weighted by atomic mass is 10.2. The van der Waals surface area contributed by atoms with E-state index in [2.05, 4.69) is 11.8 Å². The first-order valence-electron chi connectivity index (χ1n) is 5.88. The second kappa shape index (κ2) is 6.63. The zero-order chi connectivity index (χ0) is 12.8. The number of ether oxygens (including phenoxy) is 2. The first kappa shape index (κ1) is 13.2. The van der Waals surface area contributed by atoms with E-state index in [9.17, 15) is 4.39 Å². The van der Waals surface area contributed by atoms with Gasteiger partial charge in [0.05, 0.1) is 17.5 Å². The molecule has 0 spiro atoms. The normalized spacial score (nSPS) is 18.2. The Morgan fingerprint density at radius 1 is 1.50 bits per heavy atom. The molecule has 1 unspecified atom stereocenters. The summed E-state index contributed by atoms with van der Waals surface area (Å²) < 4.78 is 24.2. The van der Waals surface area contributed by atoms with Gasteiger partial charge in [0.15, 0.2) is 0 Å². The Labute approximate surface area is 111 Å². The average Bonchev–Trinajstić information content (AvgIpc) is 2.88. The van der Waals surface area contributed by atoms with Gasteiger partial charge in [-0.2, -0.15) is 0 Å². The third kappa shape index (κ3) is 3.63. The van der Waals surface area contributed by atoms with Crippen LogP contribution >= 0.6 is 11.6 Å². The van der Waals surface area contributed by atoms with E-state index in [0.717, 1.165) is 19.4 Å². The maximum absolute atomic E-state index is 13.1. The van der Waals surface area contributed by atoms with Crippen LogP contribution in [0.3, 0.4) is 0 Å². The number of hydrogen-bond acceptors (Lipinski definition) is 2. The van der Waals surface area contributed by atoms with Crippen molar-refractivity contribution >= 4 is 11.6 Å². The molecular formula is C14H14ClFO2. The minimum atomic E-state index is -0.335. The molecular weight excluding hydrogens is 255 g/mol. The van der Waals surface area contributed by atoms with Gasteiger partial charge < -0.3 is 9.47 Å². The van der Waals surface area contributed by atoms with E-state index in [-0.39, 0.29) is 17.8 Å². The summed E-state index contributed by atoms with van der Waals surface area (Å²) in [5.41, 5.74) is 0.522. The Morgan fingerprint density at radius 2 is 2.39 bits per heavy atom. The highest BCUT2D eigenvalue weighted by molar-refractivity contribution is 6.19. The molecule has 1 aliphatic rings. The lowest BCUT2D eigenvalue weighted by Gasteiger charge is -2.12. The molecule has 1 atom stereocenters. The fourth-order valence-electron chi connectivity index (χ4n) is 1.81. The van der Waals surface area contributed by atoms with Crippen molar-refractivity contribution in [3.05, 3.63) is 29.6 Å². The topological polar surface area (TPSA) is 18.5 Å². The van der Waals surface area contributed by atoms with Crippen molar-refractivity contribution in [1.82, 2.24) is 0 Å². The molecule has 4 heteroatoms. The monoisotopic (exact) mass is 268 g/mol. The Kier molecular flexibility index (Phi) is 4.86. The van der Waals surface area contributed by atoms with E-state index in [4.69, 9.17) is 21.1 Å². The summed E-state index contributed by atoms with van der Waals surface area (Å²) in [6.07, 6.45) is 2.20. The standard InChI is InChI=1S/C14H14ClFO2/c15-7-1-3-11-9-12(16)5-6-14(11)18-10-13-4-2-8-17-13/h5-6,9,13H,2,4,7-8,10H2. The molecule has 1 aromatic rings. The van der Waals surface area contributed by atoms with Crippen LogP contribution in [0.2, 0.25) is 0 Å². The molecule has 18 heavy (non-hydrogen) atoms. The van der Waals surface area contributed by atoms with Crippen LogP contribution in [-0.2, 0) is 4.74 Å². The van der Waals surface area contributed by atoms with Gasteiger partial charge in [-0.15, -0.1) is 11.6 Å². The van der Waals surface area contributed by atoms with Crippen LogP contribution in [0, 0.1) is 17.7 Å². The summed E-state index contributed by atoms with van der Waals surface area (Å²) in [7, 11) is 0. The van der Waals surface area contributed by atoms with Crippen molar-refractivity contribution in [3.63, 3.8) is 0 Å². The van der Waals surface area contributed by atoms with Crippen molar-refractivity contribution in [2.75, 3.05) is 19.1 Å². The molecule has 1 fully saturated rings. The Bertz CT molecular complexity index is 459. The van der Waals surface area contributed by atoms with Crippen LogP contribution in [0.4, 0.5) is 4.39 Å². The zero-order valence-electron chi connectivity index (χ0n) is 9.92. The fraction of sp³-hybridized carbons (Fsp3) is 0.429. The minimum absolute atomic E-state index is 0.129. The predicted octanol–water partition coefficient (Wildman–Crippen LogP) is 2.97. The van der Waals surface area contributed by atoms with Crippen LogP contribution in [0.1, 0.15) is 18.4 Å². The molecule has 1 aliphatic heterocycles. The van der Waals surface area contributed by atoms with Gasteiger partial charge in [0, 0.05) is 6.61 Å². The van der Waals surface area contributed by atoms with Gasteiger partial charge in [-0.05, 0) is 31.0 Å². The molecule has 1 aromatic carbocycles. The van der Waals surface area contributed by atoms with Crippen LogP contribution in [0.15, 0.2) is 18.2 Å². The van der Waals surface area contributed by atoms with Gasteiger partial charge in [0.1, 0.15) is 18.2 Å². The van der Waals surface area contributed by atoms with E-state index in [1.807, 2.05) is 0 Å². The van der Waals surface area contributed by atoms with Crippen LogP contribution < -0.4 is 4.74 Å². The second-order valence-electron chi connectivity index (χ2n) is 4.02. The Hall–Kier alpha value is -1.24. The molecule has 0 aromatic heterocycles. The van der Waals surface area contributed by atoms with Crippen LogP contribution in [0.25, 0.3) is 0 Å². The molecule has 0 amide bonds. The van der Waals surface area contributed by atoms with Gasteiger partial charge in [0.2, 0.25) is 0 Å². The van der Waals surface area contributed by atoms with Gasteiger partial charge in [0.25, 0.3) is 0 Å². The molecule has 0 saturated carbocycles. The zero-order valence-corrected chi connectivity index (χ0v) is 10.7. The van der Waals surface area contributed by atoms with Crippen LogP contribution in [0.5, 0.6) is 5.75 Å². The van der Waals surface area contributed by atoms with E-state index in [1.165, 1.54) is 12.1 Å². The van der Waals surface area contributed by atoms with E-state index in [1.54, 1.807) is 6.07 Å². The summed E-state index contributed by atoms with van der Waals surface area (Å²) in [6.45, 7) is 1.26.